The quantitative estimate of drug-likeness (QED) is 0.772. The van der Waals surface area contributed by atoms with Gasteiger partial charge in [0.05, 0.1) is 10.7 Å². The van der Waals surface area contributed by atoms with Crippen LogP contribution in [-0.2, 0) is 5.41 Å². The Labute approximate surface area is 152 Å². The minimum Gasteiger partial charge on any atom is -0.506 e. The van der Waals surface area contributed by atoms with E-state index in [0.717, 1.165) is 11.3 Å². The largest absolute Gasteiger partial charge is 0.506 e. The standard InChI is InChI=1S/C20H20ClFN2O/c1-20(2,3)18-11-13(8-9-23-18)19-17(25)5-4-10-24(19)14-6-7-16(22)15(21)12-14/h4-9,11-12,25H,10H2,1-3H3. The maximum atomic E-state index is 13.5. The molecule has 0 unspecified atom stereocenters. The van der Waals surface area contributed by atoms with Crippen LogP contribution in [0.3, 0.4) is 0 Å². The highest BCUT2D eigenvalue weighted by Crippen LogP contribution is 2.34. The van der Waals surface area contributed by atoms with E-state index >= 15 is 0 Å². The monoisotopic (exact) mass is 358 g/mol. The number of aromatic nitrogens is 1. The highest BCUT2D eigenvalue weighted by atomic mass is 35.5. The second kappa shape index (κ2) is 6.52. The van der Waals surface area contributed by atoms with Crippen LogP contribution in [0.25, 0.3) is 5.70 Å². The van der Waals surface area contributed by atoms with Crippen LogP contribution in [0.1, 0.15) is 32.0 Å². The molecule has 1 aliphatic heterocycles. The van der Waals surface area contributed by atoms with E-state index in [-0.39, 0.29) is 16.2 Å². The Hall–Kier alpha value is -2.33. The number of benzene rings is 1. The molecule has 2 heterocycles. The number of rotatable bonds is 2. The minimum atomic E-state index is -0.466. The van der Waals surface area contributed by atoms with Crippen LogP contribution in [0.2, 0.25) is 5.02 Å². The van der Waals surface area contributed by atoms with Crippen molar-refractivity contribution in [3.63, 3.8) is 0 Å². The van der Waals surface area contributed by atoms with Crippen LogP contribution >= 0.6 is 11.6 Å². The first-order valence-electron chi connectivity index (χ1n) is 8.06. The van der Waals surface area contributed by atoms with Gasteiger partial charge in [0.2, 0.25) is 0 Å². The van der Waals surface area contributed by atoms with Gasteiger partial charge < -0.3 is 10.0 Å². The van der Waals surface area contributed by atoms with Crippen molar-refractivity contribution in [3.05, 3.63) is 76.5 Å². The Kier molecular flexibility index (Phi) is 4.56. The van der Waals surface area contributed by atoms with Gasteiger partial charge >= 0.3 is 0 Å². The molecule has 1 N–H and O–H groups in total. The van der Waals surface area contributed by atoms with Crippen LogP contribution in [0.4, 0.5) is 10.1 Å². The molecule has 3 nitrogen and oxygen atoms in total. The second-order valence-electron chi connectivity index (χ2n) is 7.02. The molecule has 5 heteroatoms. The van der Waals surface area contributed by atoms with Gasteiger partial charge in [0.25, 0.3) is 0 Å². The zero-order chi connectivity index (χ0) is 18.2. The van der Waals surface area contributed by atoms with E-state index in [2.05, 4.69) is 25.8 Å². The second-order valence-corrected chi connectivity index (χ2v) is 7.43. The highest BCUT2D eigenvalue weighted by molar-refractivity contribution is 6.31. The SMILES string of the molecule is CC(C)(C)c1cc(C2=C(O)C=CCN2c2ccc(F)c(Cl)c2)ccn1. The van der Waals surface area contributed by atoms with E-state index in [1.807, 2.05) is 23.1 Å². The third-order valence-electron chi connectivity index (χ3n) is 4.09. The summed E-state index contributed by atoms with van der Waals surface area (Å²) in [5.74, 6) is -0.315. The van der Waals surface area contributed by atoms with E-state index in [0.29, 0.717) is 17.9 Å². The molecular formula is C20H20ClFN2O. The van der Waals surface area contributed by atoms with E-state index in [1.54, 1.807) is 24.4 Å². The van der Waals surface area contributed by atoms with Crippen molar-refractivity contribution in [1.82, 2.24) is 4.98 Å². The van der Waals surface area contributed by atoms with Crippen LogP contribution in [0.5, 0.6) is 0 Å². The van der Waals surface area contributed by atoms with Crippen molar-refractivity contribution < 1.29 is 9.50 Å². The van der Waals surface area contributed by atoms with E-state index < -0.39 is 5.82 Å². The number of hydrogen-bond acceptors (Lipinski definition) is 3. The Balaban J connectivity index is 2.10. The smallest absolute Gasteiger partial charge is 0.141 e. The number of anilines is 1. The number of hydrogen-bond donors (Lipinski definition) is 1. The Morgan fingerprint density at radius 2 is 1.96 bits per heavy atom. The summed E-state index contributed by atoms with van der Waals surface area (Å²) in [5.41, 5.74) is 3.03. The third-order valence-corrected chi connectivity index (χ3v) is 4.38. The van der Waals surface area contributed by atoms with Crippen LogP contribution < -0.4 is 4.90 Å². The third kappa shape index (κ3) is 3.54. The fraction of sp³-hybridized carbons (Fsp3) is 0.250. The van der Waals surface area contributed by atoms with E-state index in [4.69, 9.17) is 11.6 Å². The molecule has 0 aliphatic carbocycles. The molecule has 0 saturated heterocycles. The molecule has 1 aliphatic rings. The van der Waals surface area contributed by atoms with Crippen molar-refractivity contribution in [2.24, 2.45) is 0 Å². The maximum Gasteiger partial charge on any atom is 0.141 e. The van der Waals surface area contributed by atoms with Crippen LogP contribution in [0, 0.1) is 5.82 Å². The summed E-state index contributed by atoms with van der Waals surface area (Å²) < 4.78 is 13.5. The molecule has 130 valence electrons. The predicted molar refractivity (Wildman–Crippen MR) is 100 cm³/mol. The van der Waals surface area contributed by atoms with Gasteiger partial charge in [0, 0.05) is 35.1 Å². The number of halogens is 2. The first-order chi connectivity index (χ1) is 11.8. The maximum absolute atomic E-state index is 13.5. The Morgan fingerprint density at radius 1 is 1.20 bits per heavy atom. The molecule has 25 heavy (non-hydrogen) atoms. The molecule has 1 aromatic heterocycles. The fourth-order valence-corrected chi connectivity index (χ4v) is 2.93. The van der Waals surface area contributed by atoms with Crippen molar-refractivity contribution >= 4 is 23.0 Å². The number of aliphatic hydroxyl groups excluding tert-OH is 1. The number of aliphatic hydroxyl groups is 1. The number of pyridine rings is 1. The predicted octanol–water partition coefficient (Wildman–Crippen LogP) is 5.47. The molecule has 0 fully saturated rings. The summed E-state index contributed by atoms with van der Waals surface area (Å²) in [6.07, 6.45) is 5.26. The zero-order valence-electron chi connectivity index (χ0n) is 14.4. The summed E-state index contributed by atoms with van der Waals surface area (Å²) in [6.45, 7) is 6.82. The van der Waals surface area contributed by atoms with Gasteiger partial charge in [0.15, 0.2) is 0 Å². The fourth-order valence-electron chi connectivity index (χ4n) is 2.76. The summed E-state index contributed by atoms with van der Waals surface area (Å²) >= 11 is 5.94. The van der Waals surface area contributed by atoms with Gasteiger partial charge in [-0.3, -0.25) is 4.98 Å². The van der Waals surface area contributed by atoms with Gasteiger partial charge in [-0.05, 0) is 36.4 Å². The summed E-state index contributed by atoms with van der Waals surface area (Å²) in [4.78, 5) is 6.35. The lowest BCUT2D eigenvalue weighted by atomic mass is 9.90. The van der Waals surface area contributed by atoms with Crippen LogP contribution in [-0.4, -0.2) is 16.6 Å². The number of allylic oxidation sites excluding steroid dienone is 1. The minimum absolute atomic E-state index is 0.0519. The average molecular weight is 359 g/mol. The summed E-state index contributed by atoms with van der Waals surface area (Å²) in [6, 6.07) is 8.38. The summed E-state index contributed by atoms with van der Waals surface area (Å²) in [5, 5.41) is 10.5. The molecule has 1 aromatic carbocycles. The molecule has 0 amide bonds. The van der Waals surface area contributed by atoms with Crippen molar-refractivity contribution in [1.29, 1.82) is 0 Å². The van der Waals surface area contributed by atoms with Gasteiger partial charge in [-0.2, -0.15) is 0 Å². The Bertz CT molecular complexity index is 868. The zero-order valence-corrected chi connectivity index (χ0v) is 15.2. The first-order valence-corrected chi connectivity index (χ1v) is 8.44. The van der Waals surface area contributed by atoms with Gasteiger partial charge in [-0.25, -0.2) is 4.39 Å². The van der Waals surface area contributed by atoms with Crippen molar-refractivity contribution in [2.45, 2.75) is 26.2 Å². The normalized spacial score (nSPS) is 15.0. The molecule has 0 radical (unpaired) electrons. The molecule has 0 saturated carbocycles. The molecule has 0 bridgehead atoms. The van der Waals surface area contributed by atoms with Gasteiger partial charge in [-0.15, -0.1) is 0 Å². The highest BCUT2D eigenvalue weighted by Gasteiger charge is 2.23. The molecule has 3 rings (SSSR count). The number of nitrogens with zero attached hydrogens (tertiary/aromatic N) is 2. The van der Waals surface area contributed by atoms with Crippen LogP contribution in [0.15, 0.2) is 54.4 Å². The van der Waals surface area contributed by atoms with E-state index in [9.17, 15) is 9.50 Å². The van der Waals surface area contributed by atoms with Crippen molar-refractivity contribution in [2.75, 3.05) is 11.4 Å². The molecule has 0 spiro atoms. The topological polar surface area (TPSA) is 36.4 Å². The van der Waals surface area contributed by atoms with Gasteiger partial charge in [-0.1, -0.05) is 38.4 Å². The average Bonchev–Trinajstić information content (AvgIpc) is 2.56. The lowest BCUT2D eigenvalue weighted by Gasteiger charge is -2.30. The lowest BCUT2D eigenvalue weighted by molar-refractivity contribution is 0.431. The first kappa shape index (κ1) is 17.5. The van der Waals surface area contributed by atoms with Crippen molar-refractivity contribution in [3.8, 4) is 0 Å². The summed E-state index contributed by atoms with van der Waals surface area (Å²) in [7, 11) is 0. The molecule has 0 atom stereocenters. The lowest BCUT2D eigenvalue weighted by Crippen LogP contribution is -2.26. The Morgan fingerprint density at radius 3 is 2.64 bits per heavy atom. The molecule has 2 aromatic rings. The van der Waals surface area contributed by atoms with Gasteiger partial charge in [0.1, 0.15) is 11.6 Å². The molecular weight excluding hydrogens is 339 g/mol. The van der Waals surface area contributed by atoms with E-state index in [1.165, 1.54) is 6.07 Å².